The molecule has 0 atom stereocenters. The summed E-state index contributed by atoms with van der Waals surface area (Å²) in [7, 11) is 0. The lowest BCUT2D eigenvalue weighted by molar-refractivity contribution is 0.668. The Kier molecular flexibility index (Phi) is 4.32. The Morgan fingerprint density at radius 1 is 1.25 bits per heavy atom. The Labute approximate surface area is 102 Å². The third-order valence-electron chi connectivity index (χ3n) is 1.99. The molecule has 0 aromatic carbocycles. The molecule has 0 radical (unpaired) electrons. The summed E-state index contributed by atoms with van der Waals surface area (Å²) in [6.07, 6.45) is 2.08. The molecule has 0 bridgehead atoms. The van der Waals surface area contributed by atoms with Gasteiger partial charge in [-0.2, -0.15) is 0 Å². The van der Waals surface area contributed by atoms with Gasteiger partial charge in [-0.3, -0.25) is 0 Å². The van der Waals surface area contributed by atoms with Gasteiger partial charge in [0, 0.05) is 18.3 Å². The molecule has 0 spiro atoms. The maximum atomic E-state index is 4.14. The molecule has 0 saturated heterocycles. The standard InChI is InChI=1S/C9H13N5S2/c1-2-4-10-5-3-8-12-13-9(16-8)7-6-15-14-11-7/h6,10H,2-5H2,1H3. The van der Waals surface area contributed by atoms with Crippen molar-refractivity contribution in [3.63, 3.8) is 0 Å². The van der Waals surface area contributed by atoms with Crippen LogP contribution in [0.5, 0.6) is 0 Å². The van der Waals surface area contributed by atoms with Gasteiger partial charge in [-0.15, -0.1) is 15.3 Å². The van der Waals surface area contributed by atoms with E-state index in [1.165, 1.54) is 11.5 Å². The Morgan fingerprint density at radius 3 is 2.94 bits per heavy atom. The van der Waals surface area contributed by atoms with Crippen molar-refractivity contribution < 1.29 is 0 Å². The zero-order chi connectivity index (χ0) is 11.2. The third-order valence-corrected chi connectivity index (χ3v) is 3.50. The van der Waals surface area contributed by atoms with Crippen molar-refractivity contribution in [3.05, 3.63) is 10.4 Å². The number of nitrogens with zero attached hydrogens (tertiary/aromatic N) is 4. The maximum absolute atomic E-state index is 4.14. The minimum absolute atomic E-state index is 0.829. The van der Waals surface area contributed by atoms with Crippen LogP contribution in [-0.4, -0.2) is 32.9 Å². The van der Waals surface area contributed by atoms with Crippen molar-refractivity contribution in [2.75, 3.05) is 13.1 Å². The molecule has 0 unspecified atom stereocenters. The largest absolute Gasteiger partial charge is 0.316 e. The smallest absolute Gasteiger partial charge is 0.169 e. The number of aromatic nitrogens is 4. The van der Waals surface area contributed by atoms with Crippen LogP contribution in [0.1, 0.15) is 18.4 Å². The van der Waals surface area contributed by atoms with Gasteiger partial charge in [0.1, 0.15) is 10.7 Å². The lowest BCUT2D eigenvalue weighted by Gasteiger charge is -1.98. The van der Waals surface area contributed by atoms with Gasteiger partial charge in [0.05, 0.1) is 0 Å². The zero-order valence-electron chi connectivity index (χ0n) is 9.01. The monoisotopic (exact) mass is 255 g/mol. The second-order valence-electron chi connectivity index (χ2n) is 3.29. The molecular weight excluding hydrogens is 242 g/mol. The van der Waals surface area contributed by atoms with E-state index in [0.717, 1.165) is 41.6 Å². The Morgan fingerprint density at radius 2 is 2.19 bits per heavy atom. The highest BCUT2D eigenvalue weighted by Crippen LogP contribution is 2.21. The average molecular weight is 255 g/mol. The molecule has 0 aliphatic heterocycles. The van der Waals surface area contributed by atoms with E-state index in [9.17, 15) is 0 Å². The van der Waals surface area contributed by atoms with E-state index in [0.29, 0.717) is 0 Å². The average Bonchev–Trinajstić information content (AvgIpc) is 2.94. The van der Waals surface area contributed by atoms with Crippen molar-refractivity contribution in [3.8, 4) is 10.7 Å². The van der Waals surface area contributed by atoms with E-state index in [1.807, 2.05) is 5.38 Å². The number of hydrogen-bond donors (Lipinski definition) is 1. The fraction of sp³-hybridized carbons (Fsp3) is 0.556. The van der Waals surface area contributed by atoms with Crippen LogP contribution in [0.2, 0.25) is 0 Å². The summed E-state index contributed by atoms with van der Waals surface area (Å²) in [6, 6.07) is 0. The molecular formula is C9H13N5S2. The summed E-state index contributed by atoms with van der Waals surface area (Å²) < 4.78 is 3.81. The molecule has 86 valence electrons. The van der Waals surface area contributed by atoms with Crippen LogP contribution in [0, 0.1) is 0 Å². The van der Waals surface area contributed by atoms with Crippen molar-refractivity contribution in [1.29, 1.82) is 0 Å². The van der Waals surface area contributed by atoms with Crippen LogP contribution >= 0.6 is 22.9 Å². The van der Waals surface area contributed by atoms with E-state index in [-0.39, 0.29) is 0 Å². The summed E-state index contributed by atoms with van der Waals surface area (Å²) >= 11 is 2.92. The topological polar surface area (TPSA) is 63.6 Å². The van der Waals surface area contributed by atoms with Gasteiger partial charge >= 0.3 is 0 Å². The highest BCUT2D eigenvalue weighted by Gasteiger charge is 2.08. The summed E-state index contributed by atoms with van der Waals surface area (Å²) in [5, 5.41) is 19.3. The summed E-state index contributed by atoms with van der Waals surface area (Å²) in [6.45, 7) is 4.17. The Balaban J connectivity index is 1.88. The quantitative estimate of drug-likeness (QED) is 0.794. The maximum Gasteiger partial charge on any atom is 0.169 e. The van der Waals surface area contributed by atoms with Gasteiger partial charge in [-0.1, -0.05) is 22.7 Å². The van der Waals surface area contributed by atoms with Gasteiger partial charge in [-0.25, -0.2) is 0 Å². The van der Waals surface area contributed by atoms with Crippen molar-refractivity contribution in [2.45, 2.75) is 19.8 Å². The molecule has 0 fully saturated rings. The van der Waals surface area contributed by atoms with Crippen LogP contribution in [0.25, 0.3) is 10.7 Å². The molecule has 0 aliphatic rings. The van der Waals surface area contributed by atoms with Gasteiger partial charge in [0.2, 0.25) is 0 Å². The van der Waals surface area contributed by atoms with Gasteiger partial charge < -0.3 is 5.32 Å². The van der Waals surface area contributed by atoms with Crippen molar-refractivity contribution in [2.24, 2.45) is 0 Å². The lowest BCUT2D eigenvalue weighted by Crippen LogP contribution is -2.17. The van der Waals surface area contributed by atoms with Gasteiger partial charge in [0.15, 0.2) is 5.01 Å². The summed E-state index contributed by atoms with van der Waals surface area (Å²) in [4.78, 5) is 0. The van der Waals surface area contributed by atoms with Crippen LogP contribution in [0.4, 0.5) is 0 Å². The normalized spacial score (nSPS) is 10.8. The second kappa shape index (κ2) is 5.97. The first-order chi connectivity index (χ1) is 7.90. The van der Waals surface area contributed by atoms with Crippen molar-refractivity contribution in [1.82, 2.24) is 25.1 Å². The molecule has 2 heterocycles. The van der Waals surface area contributed by atoms with Crippen LogP contribution in [-0.2, 0) is 6.42 Å². The molecule has 0 aliphatic carbocycles. The number of hydrogen-bond acceptors (Lipinski definition) is 7. The second-order valence-corrected chi connectivity index (χ2v) is 4.96. The molecule has 2 aromatic rings. The van der Waals surface area contributed by atoms with Gasteiger partial charge in [0.25, 0.3) is 0 Å². The minimum atomic E-state index is 0.829. The fourth-order valence-electron chi connectivity index (χ4n) is 1.21. The van der Waals surface area contributed by atoms with E-state index in [4.69, 9.17) is 0 Å². The molecule has 5 nitrogen and oxygen atoms in total. The predicted octanol–water partition coefficient (Wildman–Crippen LogP) is 1.60. The summed E-state index contributed by atoms with van der Waals surface area (Å²) in [5.41, 5.74) is 0.829. The first kappa shape index (κ1) is 11.6. The zero-order valence-corrected chi connectivity index (χ0v) is 10.6. The van der Waals surface area contributed by atoms with E-state index in [2.05, 4.69) is 32.0 Å². The molecule has 2 aromatic heterocycles. The Hall–Kier alpha value is -0.920. The van der Waals surface area contributed by atoms with Gasteiger partial charge in [-0.05, 0) is 24.5 Å². The Bertz CT molecular complexity index is 411. The first-order valence-electron chi connectivity index (χ1n) is 5.20. The van der Waals surface area contributed by atoms with Crippen molar-refractivity contribution >= 4 is 22.9 Å². The van der Waals surface area contributed by atoms with Crippen LogP contribution < -0.4 is 5.32 Å². The van der Waals surface area contributed by atoms with E-state index < -0.39 is 0 Å². The molecule has 7 heteroatoms. The lowest BCUT2D eigenvalue weighted by atomic mass is 10.4. The van der Waals surface area contributed by atoms with E-state index >= 15 is 0 Å². The molecule has 0 amide bonds. The van der Waals surface area contributed by atoms with Crippen LogP contribution in [0.15, 0.2) is 5.38 Å². The minimum Gasteiger partial charge on any atom is -0.316 e. The SMILES string of the molecule is CCCNCCc1nnc(-c2csnn2)s1. The molecule has 0 saturated carbocycles. The highest BCUT2D eigenvalue weighted by atomic mass is 32.1. The predicted molar refractivity (Wildman–Crippen MR) is 65.7 cm³/mol. The van der Waals surface area contributed by atoms with E-state index in [1.54, 1.807) is 11.3 Å². The number of rotatable bonds is 6. The summed E-state index contributed by atoms with van der Waals surface area (Å²) in [5.74, 6) is 0. The molecule has 1 N–H and O–H groups in total. The first-order valence-corrected chi connectivity index (χ1v) is 6.86. The number of nitrogens with one attached hydrogen (secondary N) is 1. The third kappa shape index (κ3) is 3.03. The highest BCUT2D eigenvalue weighted by molar-refractivity contribution is 7.15. The molecule has 2 rings (SSSR count). The van der Waals surface area contributed by atoms with Crippen LogP contribution in [0.3, 0.4) is 0 Å². The molecule has 16 heavy (non-hydrogen) atoms. The fourth-order valence-corrected chi connectivity index (χ4v) is 2.52.